The molecule has 1 aromatic rings. The van der Waals surface area contributed by atoms with Crippen molar-refractivity contribution in [1.29, 1.82) is 0 Å². The Bertz CT molecular complexity index is 572. The molecule has 7 nitrogen and oxygen atoms in total. The van der Waals surface area contributed by atoms with Gasteiger partial charge in [-0.25, -0.2) is 9.59 Å². The van der Waals surface area contributed by atoms with E-state index in [1.807, 2.05) is 45.0 Å². The van der Waals surface area contributed by atoms with Gasteiger partial charge in [0.25, 0.3) is 0 Å². The first-order chi connectivity index (χ1) is 11.3. The maximum absolute atomic E-state index is 12.1. The Morgan fingerprint density at radius 1 is 1.04 bits per heavy atom. The summed E-state index contributed by atoms with van der Waals surface area (Å²) in [7, 11) is 1.33. The fourth-order valence-corrected chi connectivity index (χ4v) is 2.40. The summed E-state index contributed by atoms with van der Waals surface area (Å²) in [6, 6.07) is 7.53. The molecule has 1 fully saturated rings. The van der Waals surface area contributed by atoms with E-state index >= 15 is 0 Å². The van der Waals surface area contributed by atoms with Gasteiger partial charge >= 0.3 is 12.2 Å². The van der Waals surface area contributed by atoms with Gasteiger partial charge in [-0.15, -0.1) is 0 Å². The van der Waals surface area contributed by atoms with Crippen LogP contribution in [0.25, 0.3) is 0 Å². The first-order valence-corrected chi connectivity index (χ1v) is 7.96. The largest absolute Gasteiger partial charge is 0.453 e. The van der Waals surface area contributed by atoms with Crippen molar-refractivity contribution in [3.63, 3.8) is 0 Å². The third kappa shape index (κ3) is 5.04. The maximum atomic E-state index is 12.1. The van der Waals surface area contributed by atoms with Crippen LogP contribution < -0.4 is 10.2 Å². The lowest BCUT2D eigenvalue weighted by atomic mass is 10.2. The molecule has 2 rings (SSSR count). The van der Waals surface area contributed by atoms with E-state index in [9.17, 15) is 9.59 Å². The lowest BCUT2D eigenvalue weighted by molar-refractivity contribution is 0.0240. The van der Waals surface area contributed by atoms with E-state index < -0.39 is 11.7 Å². The van der Waals surface area contributed by atoms with Crippen molar-refractivity contribution in [3.8, 4) is 0 Å². The molecule has 1 N–H and O–H groups in total. The summed E-state index contributed by atoms with van der Waals surface area (Å²) in [5, 5.41) is 2.62. The zero-order chi connectivity index (χ0) is 17.7. The third-order valence-corrected chi connectivity index (χ3v) is 3.60. The van der Waals surface area contributed by atoms with Crippen molar-refractivity contribution in [2.24, 2.45) is 0 Å². The Balaban J connectivity index is 1.88. The molecule has 1 heterocycles. The Kier molecular flexibility index (Phi) is 5.54. The van der Waals surface area contributed by atoms with Gasteiger partial charge in [-0.05, 0) is 45.0 Å². The average Bonchev–Trinajstić information content (AvgIpc) is 2.54. The smallest absolute Gasteiger partial charge is 0.411 e. The number of hydrogen-bond donors (Lipinski definition) is 1. The molecule has 2 amide bonds. The summed E-state index contributed by atoms with van der Waals surface area (Å²) in [4.78, 5) is 27.2. The molecule has 0 saturated carbocycles. The highest BCUT2D eigenvalue weighted by Gasteiger charge is 2.25. The molecule has 0 bridgehead atoms. The summed E-state index contributed by atoms with van der Waals surface area (Å²) >= 11 is 0. The molecule has 0 radical (unpaired) electrons. The highest BCUT2D eigenvalue weighted by Crippen LogP contribution is 2.20. The second-order valence-corrected chi connectivity index (χ2v) is 6.62. The minimum Gasteiger partial charge on any atom is -0.453 e. The number of amides is 2. The van der Waals surface area contributed by atoms with Crippen molar-refractivity contribution in [1.82, 2.24) is 4.90 Å². The number of carbonyl (C=O) groups excluding carboxylic acids is 2. The number of methoxy groups -OCH3 is 1. The average molecular weight is 335 g/mol. The van der Waals surface area contributed by atoms with Crippen molar-refractivity contribution < 1.29 is 19.1 Å². The lowest BCUT2D eigenvalue weighted by Gasteiger charge is -2.36. The second kappa shape index (κ2) is 7.42. The first-order valence-electron chi connectivity index (χ1n) is 7.96. The van der Waals surface area contributed by atoms with Gasteiger partial charge in [-0.1, -0.05) is 0 Å². The number of nitrogens with one attached hydrogen (secondary N) is 1. The molecule has 1 aliphatic rings. The van der Waals surface area contributed by atoms with Gasteiger partial charge in [-0.3, -0.25) is 5.32 Å². The van der Waals surface area contributed by atoms with Crippen LogP contribution in [0.5, 0.6) is 0 Å². The summed E-state index contributed by atoms with van der Waals surface area (Å²) in [5.41, 5.74) is 1.25. The highest BCUT2D eigenvalue weighted by atomic mass is 16.6. The van der Waals surface area contributed by atoms with Gasteiger partial charge < -0.3 is 19.3 Å². The summed E-state index contributed by atoms with van der Waals surface area (Å²) in [6.07, 6.45) is -0.756. The van der Waals surface area contributed by atoms with Gasteiger partial charge in [0.05, 0.1) is 7.11 Å². The molecule has 0 atom stereocenters. The monoisotopic (exact) mass is 335 g/mol. The predicted molar refractivity (Wildman–Crippen MR) is 92.5 cm³/mol. The van der Waals surface area contributed by atoms with E-state index in [0.29, 0.717) is 18.8 Å². The fraction of sp³-hybridized carbons (Fsp3) is 0.529. The van der Waals surface area contributed by atoms with Gasteiger partial charge in [-0.2, -0.15) is 0 Å². The van der Waals surface area contributed by atoms with Crippen LogP contribution in [0.3, 0.4) is 0 Å². The number of nitrogens with zero attached hydrogens (tertiary/aromatic N) is 2. The zero-order valence-electron chi connectivity index (χ0n) is 14.7. The molecule has 0 aromatic heterocycles. The lowest BCUT2D eigenvalue weighted by Crippen LogP contribution is -2.50. The predicted octanol–water partition coefficient (Wildman–Crippen LogP) is 2.92. The Morgan fingerprint density at radius 3 is 2.12 bits per heavy atom. The van der Waals surface area contributed by atoms with E-state index in [-0.39, 0.29) is 6.09 Å². The molecule has 1 saturated heterocycles. The van der Waals surface area contributed by atoms with E-state index in [1.165, 1.54) is 7.11 Å². The number of rotatable bonds is 2. The summed E-state index contributed by atoms with van der Waals surface area (Å²) in [6.45, 7) is 8.32. The second-order valence-electron chi connectivity index (χ2n) is 6.62. The van der Waals surface area contributed by atoms with E-state index in [1.54, 1.807) is 4.90 Å². The van der Waals surface area contributed by atoms with Crippen LogP contribution in [0.15, 0.2) is 24.3 Å². The normalized spacial score (nSPS) is 15.0. The Morgan fingerprint density at radius 2 is 1.62 bits per heavy atom. The number of hydrogen-bond acceptors (Lipinski definition) is 5. The van der Waals surface area contributed by atoms with Gasteiger partial charge in [0, 0.05) is 37.6 Å². The maximum Gasteiger partial charge on any atom is 0.411 e. The number of carbonyl (C=O) groups is 2. The fourth-order valence-electron chi connectivity index (χ4n) is 2.40. The summed E-state index contributed by atoms with van der Waals surface area (Å²) in [5.74, 6) is 0. The van der Waals surface area contributed by atoms with Gasteiger partial charge in [0.1, 0.15) is 5.60 Å². The molecule has 1 aliphatic heterocycles. The number of piperazine rings is 1. The highest BCUT2D eigenvalue weighted by molar-refractivity contribution is 5.84. The van der Waals surface area contributed by atoms with E-state index in [4.69, 9.17) is 4.74 Å². The topological polar surface area (TPSA) is 71.1 Å². The Hall–Kier alpha value is -2.44. The van der Waals surface area contributed by atoms with Crippen molar-refractivity contribution in [2.45, 2.75) is 26.4 Å². The van der Waals surface area contributed by atoms with Crippen LogP contribution in [0.4, 0.5) is 21.0 Å². The number of anilines is 2. The number of ether oxygens (including phenoxy) is 2. The van der Waals surface area contributed by atoms with Crippen LogP contribution in [-0.2, 0) is 9.47 Å². The van der Waals surface area contributed by atoms with Crippen LogP contribution in [0.1, 0.15) is 20.8 Å². The van der Waals surface area contributed by atoms with Crippen LogP contribution >= 0.6 is 0 Å². The minimum atomic E-state index is -0.492. The Labute approximate surface area is 142 Å². The van der Waals surface area contributed by atoms with E-state index in [2.05, 4.69) is 15.0 Å². The van der Waals surface area contributed by atoms with Crippen molar-refractivity contribution in [2.75, 3.05) is 43.5 Å². The quantitative estimate of drug-likeness (QED) is 0.900. The molecular weight excluding hydrogens is 310 g/mol. The summed E-state index contributed by atoms with van der Waals surface area (Å²) < 4.78 is 9.96. The molecular formula is C17H25N3O4. The van der Waals surface area contributed by atoms with Crippen LogP contribution in [0.2, 0.25) is 0 Å². The molecule has 0 unspecified atom stereocenters. The van der Waals surface area contributed by atoms with Gasteiger partial charge in [0.2, 0.25) is 0 Å². The standard InChI is InChI=1S/C17H25N3O4/c1-17(2,3)24-16(22)20-11-9-19(10-12-20)14-7-5-13(6-8-14)18-15(21)23-4/h5-8H,9-12H2,1-4H3,(H,18,21). The van der Waals surface area contributed by atoms with Crippen molar-refractivity contribution >= 4 is 23.6 Å². The SMILES string of the molecule is COC(=O)Nc1ccc(N2CCN(C(=O)OC(C)(C)C)CC2)cc1. The van der Waals surface area contributed by atoms with Gasteiger partial charge in [0.15, 0.2) is 0 Å². The van der Waals surface area contributed by atoms with Crippen LogP contribution in [-0.4, -0.2) is 56.0 Å². The minimum absolute atomic E-state index is 0.264. The molecule has 1 aromatic carbocycles. The van der Waals surface area contributed by atoms with E-state index in [0.717, 1.165) is 18.8 Å². The zero-order valence-corrected chi connectivity index (χ0v) is 14.7. The molecule has 24 heavy (non-hydrogen) atoms. The first kappa shape index (κ1) is 17.9. The molecule has 132 valence electrons. The third-order valence-electron chi connectivity index (χ3n) is 3.60. The van der Waals surface area contributed by atoms with Crippen LogP contribution in [0, 0.1) is 0 Å². The molecule has 0 spiro atoms. The molecule has 7 heteroatoms. The van der Waals surface area contributed by atoms with Crippen molar-refractivity contribution in [3.05, 3.63) is 24.3 Å². The number of benzene rings is 1. The molecule has 0 aliphatic carbocycles.